The van der Waals surface area contributed by atoms with Crippen LogP contribution in [0.3, 0.4) is 0 Å². The second kappa shape index (κ2) is 16.3. The van der Waals surface area contributed by atoms with Gasteiger partial charge in [-0.1, -0.05) is 72.4 Å². The minimum Gasteiger partial charge on any atom is -0.294 e. The number of carbonyl (C=O) groups excluding carboxylic acids is 1. The summed E-state index contributed by atoms with van der Waals surface area (Å²) in [5.74, 6) is 0.142. The molecule has 0 N–H and O–H groups in total. The van der Waals surface area contributed by atoms with E-state index in [1.54, 1.807) is 6.08 Å². The van der Waals surface area contributed by atoms with Crippen LogP contribution in [0.2, 0.25) is 0 Å². The third-order valence-corrected chi connectivity index (χ3v) is 1.44. The van der Waals surface area contributed by atoms with Crippen molar-refractivity contribution in [3.63, 3.8) is 0 Å². The van der Waals surface area contributed by atoms with E-state index in [9.17, 15) is 4.79 Å². The van der Waals surface area contributed by atoms with E-state index in [4.69, 9.17) is 0 Å². The van der Waals surface area contributed by atoms with Crippen molar-refractivity contribution in [2.45, 2.75) is 48.5 Å². The monoisotopic (exact) mass is 224 g/mol. The van der Waals surface area contributed by atoms with Gasteiger partial charge >= 0.3 is 0 Å². The van der Waals surface area contributed by atoms with Crippen LogP contribution in [0.4, 0.5) is 0 Å². The quantitative estimate of drug-likeness (QED) is 0.487. The maximum Gasteiger partial charge on any atom is 0.164 e. The molecule has 0 aromatic rings. The molecule has 0 saturated heterocycles. The Morgan fingerprint density at radius 1 is 1.06 bits per heavy atom. The maximum absolute atomic E-state index is 11.3. The van der Waals surface area contributed by atoms with E-state index >= 15 is 0 Å². The number of hydrogen-bond acceptors (Lipinski definition) is 1. The summed E-state index contributed by atoms with van der Waals surface area (Å²) in [6.45, 7) is 17.3. The van der Waals surface area contributed by atoms with Gasteiger partial charge in [0.05, 0.1) is 0 Å². The van der Waals surface area contributed by atoms with Crippen LogP contribution < -0.4 is 0 Å². The summed E-state index contributed by atoms with van der Waals surface area (Å²) < 4.78 is 0. The first kappa shape index (κ1) is 20.3. The molecular weight excluding hydrogens is 196 g/mol. The second-order valence-electron chi connectivity index (χ2n) is 2.93. The van der Waals surface area contributed by atoms with Gasteiger partial charge in [-0.2, -0.15) is 0 Å². The molecule has 0 fully saturated rings. The molecule has 0 spiro atoms. The van der Waals surface area contributed by atoms with Gasteiger partial charge in [-0.25, -0.2) is 0 Å². The number of carbonyl (C=O) groups is 1. The molecule has 0 saturated carbocycles. The van der Waals surface area contributed by atoms with Gasteiger partial charge in [-0.05, 0) is 6.92 Å². The van der Waals surface area contributed by atoms with Crippen molar-refractivity contribution in [1.82, 2.24) is 0 Å². The van der Waals surface area contributed by atoms with Gasteiger partial charge in [0.15, 0.2) is 5.78 Å². The van der Waals surface area contributed by atoms with Gasteiger partial charge in [0.2, 0.25) is 0 Å². The maximum atomic E-state index is 11.3. The van der Waals surface area contributed by atoms with Crippen molar-refractivity contribution in [2.24, 2.45) is 5.92 Å². The van der Waals surface area contributed by atoms with Crippen LogP contribution >= 0.6 is 0 Å². The molecule has 0 amide bonds. The van der Waals surface area contributed by atoms with Gasteiger partial charge in [0.1, 0.15) is 0 Å². The Bertz CT molecular complexity index is 220. The molecule has 94 valence electrons. The Hall–Kier alpha value is -1.11. The number of rotatable bonds is 4. The van der Waals surface area contributed by atoms with Crippen LogP contribution in [0.15, 0.2) is 36.5 Å². The normalized spacial score (nSPS) is 9.50. The van der Waals surface area contributed by atoms with Crippen molar-refractivity contribution >= 4 is 5.78 Å². The second-order valence-corrected chi connectivity index (χ2v) is 2.93. The molecule has 0 rings (SSSR count). The van der Waals surface area contributed by atoms with Crippen LogP contribution in [-0.4, -0.2) is 5.78 Å². The van der Waals surface area contributed by atoms with E-state index in [-0.39, 0.29) is 11.7 Å². The number of Topliss-reactive ketones (excluding diaryl/α,β-unsaturated/α-hetero) is 1. The van der Waals surface area contributed by atoms with Crippen molar-refractivity contribution in [2.75, 3.05) is 0 Å². The zero-order valence-electron chi connectivity index (χ0n) is 12.0. The molecule has 0 aliphatic rings. The highest BCUT2D eigenvalue weighted by Gasteiger charge is 2.07. The predicted octanol–water partition coefficient (Wildman–Crippen LogP) is 4.95. The molecule has 0 aromatic carbocycles. The topological polar surface area (TPSA) is 17.1 Å². The van der Waals surface area contributed by atoms with Crippen molar-refractivity contribution < 1.29 is 4.79 Å². The Morgan fingerprint density at radius 3 is 1.81 bits per heavy atom. The fraction of sp³-hybridized carbons (Fsp3) is 0.533. The smallest absolute Gasteiger partial charge is 0.164 e. The lowest BCUT2D eigenvalue weighted by atomic mass is 10.0. The molecule has 0 atom stereocenters. The van der Waals surface area contributed by atoms with E-state index in [0.717, 1.165) is 0 Å². The SMILES string of the molecule is C=C(/C=C\C=C/C)C(=O)C(C)C.CC.CC. The van der Waals surface area contributed by atoms with E-state index in [1.807, 2.05) is 66.7 Å². The van der Waals surface area contributed by atoms with E-state index in [0.29, 0.717) is 5.57 Å². The van der Waals surface area contributed by atoms with Crippen molar-refractivity contribution in [3.05, 3.63) is 36.5 Å². The van der Waals surface area contributed by atoms with Crippen LogP contribution in [0.5, 0.6) is 0 Å². The molecule has 0 unspecified atom stereocenters. The summed E-state index contributed by atoms with van der Waals surface area (Å²) in [4.78, 5) is 11.3. The van der Waals surface area contributed by atoms with E-state index in [1.165, 1.54) is 0 Å². The molecule has 0 aliphatic carbocycles. The van der Waals surface area contributed by atoms with E-state index in [2.05, 4.69) is 6.58 Å². The zero-order valence-corrected chi connectivity index (χ0v) is 12.0. The average molecular weight is 224 g/mol. The van der Waals surface area contributed by atoms with Gasteiger partial charge in [0, 0.05) is 11.5 Å². The van der Waals surface area contributed by atoms with Crippen LogP contribution in [-0.2, 0) is 4.79 Å². The molecule has 0 aromatic heterocycles. The molecule has 0 heterocycles. The van der Waals surface area contributed by atoms with Gasteiger partial charge in [-0.15, -0.1) is 0 Å². The molecule has 0 aliphatic heterocycles. The lowest BCUT2D eigenvalue weighted by Gasteiger charge is -2.01. The van der Waals surface area contributed by atoms with Crippen LogP contribution in [0.25, 0.3) is 0 Å². The summed E-state index contributed by atoms with van der Waals surface area (Å²) in [5, 5.41) is 0. The van der Waals surface area contributed by atoms with Gasteiger partial charge in [0.25, 0.3) is 0 Å². The third-order valence-electron chi connectivity index (χ3n) is 1.44. The lowest BCUT2D eigenvalue weighted by molar-refractivity contribution is -0.117. The first-order valence-electron chi connectivity index (χ1n) is 6.12. The molecule has 16 heavy (non-hydrogen) atoms. The fourth-order valence-corrected chi connectivity index (χ4v) is 0.736. The minimum absolute atomic E-state index is 0.0350. The Balaban J connectivity index is -0.000000376. The fourth-order valence-electron chi connectivity index (χ4n) is 0.736. The highest BCUT2D eigenvalue weighted by Crippen LogP contribution is 2.04. The highest BCUT2D eigenvalue weighted by molar-refractivity contribution is 5.98. The first-order chi connectivity index (χ1) is 7.59. The molecule has 0 bridgehead atoms. The number of hydrogen-bond donors (Lipinski definition) is 0. The van der Waals surface area contributed by atoms with Crippen molar-refractivity contribution in [3.8, 4) is 0 Å². The summed E-state index contributed by atoms with van der Waals surface area (Å²) in [6.07, 6.45) is 7.34. The van der Waals surface area contributed by atoms with Crippen molar-refractivity contribution in [1.29, 1.82) is 0 Å². The lowest BCUT2D eigenvalue weighted by Crippen LogP contribution is -2.07. The molecule has 0 radical (unpaired) electrons. The van der Waals surface area contributed by atoms with E-state index < -0.39 is 0 Å². The number of ketones is 1. The molecule has 1 nitrogen and oxygen atoms in total. The summed E-state index contributed by atoms with van der Waals surface area (Å²) in [6, 6.07) is 0. The van der Waals surface area contributed by atoms with Crippen LogP contribution in [0.1, 0.15) is 48.5 Å². The zero-order chi connectivity index (χ0) is 13.6. The summed E-state index contributed by atoms with van der Waals surface area (Å²) in [5.41, 5.74) is 0.572. The Morgan fingerprint density at radius 2 is 1.50 bits per heavy atom. The molecular formula is C15H28O. The van der Waals surface area contributed by atoms with Gasteiger partial charge < -0.3 is 0 Å². The van der Waals surface area contributed by atoms with Crippen LogP contribution in [0, 0.1) is 5.92 Å². The first-order valence-corrected chi connectivity index (χ1v) is 6.12. The standard InChI is InChI=1S/C11H16O.2C2H6/c1-5-6-7-8-10(4)11(12)9(2)3;2*1-2/h5-9H,4H2,1-3H3;2*1-2H3/b6-5-,8-7-;;. The minimum atomic E-state index is 0.0350. The Kier molecular flexibility index (Phi) is 20.7. The molecule has 1 heteroatoms. The average Bonchev–Trinajstić information content (AvgIpc) is 2.33. The number of allylic oxidation sites excluding steroid dienone is 5. The Labute approximate surface area is 102 Å². The third kappa shape index (κ3) is 12.9. The summed E-state index contributed by atoms with van der Waals surface area (Å²) >= 11 is 0. The highest BCUT2D eigenvalue weighted by atomic mass is 16.1. The largest absolute Gasteiger partial charge is 0.294 e. The predicted molar refractivity (Wildman–Crippen MR) is 75.6 cm³/mol. The summed E-state index contributed by atoms with van der Waals surface area (Å²) in [7, 11) is 0. The van der Waals surface area contributed by atoms with Gasteiger partial charge in [-0.3, -0.25) is 4.79 Å².